The molecule has 0 unspecified atom stereocenters. The lowest BCUT2D eigenvalue weighted by Gasteiger charge is -2.22. The van der Waals surface area contributed by atoms with Crippen LogP contribution in [0.4, 0.5) is 0 Å². The maximum Gasteiger partial charge on any atom is 0.130 e. The van der Waals surface area contributed by atoms with Gasteiger partial charge in [0, 0.05) is 25.2 Å². The van der Waals surface area contributed by atoms with Gasteiger partial charge in [0.15, 0.2) is 0 Å². The smallest absolute Gasteiger partial charge is 0.130 e. The topological polar surface area (TPSA) is 15.6 Å². The van der Waals surface area contributed by atoms with E-state index >= 15 is 0 Å². The number of allylic oxidation sites excluding steroid dienone is 3. The average Bonchev–Trinajstić information content (AvgIpc) is 2.43. The first kappa shape index (κ1) is 18.7. The molecule has 0 aliphatic rings. The monoisotopic (exact) mass is 276 g/mol. The second-order valence-electron chi connectivity index (χ2n) is 5.98. The van der Waals surface area contributed by atoms with Crippen molar-refractivity contribution in [3.8, 4) is 0 Å². The van der Waals surface area contributed by atoms with Gasteiger partial charge in [-0.05, 0) is 18.9 Å². The Morgan fingerprint density at radius 2 is 1.85 bits per heavy atom. The van der Waals surface area contributed by atoms with Crippen molar-refractivity contribution in [3.05, 3.63) is 36.7 Å². The van der Waals surface area contributed by atoms with Crippen LogP contribution in [-0.4, -0.2) is 24.7 Å². The number of nitrogens with zero attached hydrogens (tertiary/aromatic N) is 2. The van der Waals surface area contributed by atoms with Crippen LogP contribution in [0.15, 0.2) is 41.7 Å². The minimum Gasteiger partial charge on any atom is -0.359 e. The summed E-state index contributed by atoms with van der Waals surface area (Å²) >= 11 is 0. The molecule has 0 saturated heterocycles. The van der Waals surface area contributed by atoms with Crippen molar-refractivity contribution >= 4 is 6.21 Å². The van der Waals surface area contributed by atoms with Gasteiger partial charge >= 0.3 is 0 Å². The molecule has 0 heterocycles. The first-order valence-corrected chi connectivity index (χ1v) is 7.61. The highest BCUT2D eigenvalue weighted by atomic mass is 15.2. The van der Waals surface area contributed by atoms with E-state index in [1.165, 1.54) is 25.7 Å². The highest BCUT2D eigenvalue weighted by Gasteiger charge is 2.11. The number of hydrogen-bond acceptors (Lipinski definition) is 2. The Labute approximate surface area is 126 Å². The fourth-order valence-electron chi connectivity index (χ4n) is 1.75. The van der Waals surface area contributed by atoms with Gasteiger partial charge in [-0.25, -0.2) is 4.99 Å². The van der Waals surface area contributed by atoms with Crippen molar-refractivity contribution in [1.29, 1.82) is 0 Å². The van der Waals surface area contributed by atoms with E-state index in [0.717, 1.165) is 17.9 Å². The molecule has 0 aromatic heterocycles. The predicted octanol–water partition coefficient (Wildman–Crippen LogP) is 5.20. The van der Waals surface area contributed by atoms with Crippen LogP contribution in [0.1, 0.15) is 53.4 Å². The minimum absolute atomic E-state index is 0.0875. The lowest BCUT2D eigenvalue weighted by Crippen LogP contribution is -2.20. The zero-order valence-electron chi connectivity index (χ0n) is 14.1. The SMILES string of the molecule is C=CC(C)=C(N=CC(C)(C)C=C)N(C)CCCCCC. The van der Waals surface area contributed by atoms with Crippen molar-refractivity contribution in [2.75, 3.05) is 13.6 Å². The van der Waals surface area contributed by atoms with Gasteiger partial charge in [-0.2, -0.15) is 0 Å². The van der Waals surface area contributed by atoms with E-state index in [0.29, 0.717) is 0 Å². The molecule has 0 atom stereocenters. The molecule has 2 nitrogen and oxygen atoms in total. The molecule has 0 aliphatic carbocycles. The molecule has 0 spiro atoms. The van der Waals surface area contributed by atoms with E-state index in [-0.39, 0.29) is 5.41 Å². The second kappa shape index (κ2) is 9.57. The molecule has 0 bridgehead atoms. The summed E-state index contributed by atoms with van der Waals surface area (Å²) < 4.78 is 0. The van der Waals surface area contributed by atoms with Gasteiger partial charge in [-0.1, -0.05) is 58.8 Å². The highest BCUT2D eigenvalue weighted by molar-refractivity contribution is 5.68. The summed E-state index contributed by atoms with van der Waals surface area (Å²) in [6, 6.07) is 0. The molecule has 0 aromatic rings. The third-order valence-electron chi connectivity index (χ3n) is 3.41. The van der Waals surface area contributed by atoms with Crippen LogP contribution in [0.5, 0.6) is 0 Å². The maximum absolute atomic E-state index is 4.67. The molecular weight excluding hydrogens is 244 g/mol. The lowest BCUT2D eigenvalue weighted by molar-refractivity contribution is 0.392. The van der Waals surface area contributed by atoms with Crippen LogP contribution < -0.4 is 0 Å². The van der Waals surface area contributed by atoms with Crippen LogP contribution in [-0.2, 0) is 0 Å². The van der Waals surface area contributed by atoms with Gasteiger partial charge in [0.1, 0.15) is 5.82 Å². The summed E-state index contributed by atoms with van der Waals surface area (Å²) in [7, 11) is 2.10. The predicted molar refractivity (Wildman–Crippen MR) is 92.1 cm³/mol. The maximum atomic E-state index is 4.67. The molecule has 2 heteroatoms. The van der Waals surface area contributed by atoms with Crippen molar-refractivity contribution in [2.24, 2.45) is 10.4 Å². The van der Waals surface area contributed by atoms with Gasteiger partial charge in [-0.15, -0.1) is 6.58 Å². The number of hydrogen-bond donors (Lipinski definition) is 0. The quantitative estimate of drug-likeness (QED) is 0.232. The zero-order valence-corrected chi connectivity index (χ0v) is 14.1. The largest absolute Gasteiger partial charge is 0.359 e. The Hall–Kier alpha value is -1.31. The first-order chi connectivity index (χ1) is 9.37. The van der Waals surface area contributed by atoms with E-state index in [4.69, 9.17) is 0 Å². The molecule has 0 saturated carbocycles. The summed E-state index contributed by atoms with van der Waals surface area (Å²) in [5.41, 5.74) is 1.02. The molecule has 0 amide bonds. The number of unbranched alkanes of at least 4 members (excludes halogenated alkanes) is 3. The Morgan fingerprint density at radius 3 is 2.35 bits per heavy atom. The third-order valence-corrected chi connectivity index (χ3v) is 3.41. The third kappa shape index (κ3) is 7.32. The molecule has 0 fully saturated rings. The Balaban J connectivity index is 4.83. The Bertz CT molecular complexity index is 362. The summed E-state index contributed by atoms with van der Waals surface area (Å²) in [6.45, 7) is 17.2. The average molecular weight is 276 g/mol. The summed E-state index contributed by atoms with van der Waals surface area (Å²) in [6.07, 6.45) is 10.8. The fraction of sp³-hybridized carbons (Fsp3) is 0.611. The van der Waals surface area contributed by atoms with Gasteiger partial charge in [0.2, 0.25) is 0 Å². The van der Waals surface area contributed by atoms with E-state index in [9.17, 15) is 0 Å². The fourth-order valence-corrected chi connectivity index (χ4v) is 1.75. The van der Waals surface area contributed by atoms with Crippen molar-refractivity contribution in [1.82, 2.24) is 4.90 Å². The molecule has 0 radical (unpaired) electrons. The molecule has 0 aromatic carbocycles. The Kier molecular flexibility index (Phi) is 8.94. The molecule has 114 valence electrons. The first-order valence-electron chi connectivity index (χ1n) is 7.61. The molecule has 0 aliphatic heterocycles. The minimum atomic E-state index is -0.0875. The number of aliphatic imine (C=N–C) groups is 1. The normalized spacial score (nSPS) is 13.2. The summed E-state index contributed by atoms with van der Waals surface area (Å²) in [5.74, 6) is 1.01. The van der Waals surface area contributed by atoms with Crippen LogP contribution >= 0.6 is 0 Å². The molecular formula is C18H32N2. The summed E-state index contributed by atoms with van der Waals surface area (Å²) in [5, 5.41) is 0. The van der Waals surface area contributed by atoms with E-state index in [1.807, 2.05) is 18.4 Å². The molecule has 0 rings (SSSR count). The van der Waals surface area contributed by atoms with Crippen molar-refractivity contribution in [2.45, 2.75) is 53.4 Å². The van der Waals surface area contributed by atoms with Crippen LogP contribution in [0.2, 0.25) is 0 Å². The number of rotatable bonds is 10. The molecule has 20 heavy (non-hydrogen) atoms. The van der Waals surface area contributed by atoms with Crippen molar-refractivity contribution in [3.63, 3.8) is 0 Å². The van der Waals surface area contributed by atoms with Gasteiger partial charge in [0.25, 0.3) is 0 Å². The summed E-state index contributed by atoms with van der Waals surface area (Å²) in [4.78, 5) is 6.90. The second-order valence-corrected chi connectivity index (χ2v) is 5.98. The van der Waals surface area contributed by atoms with E-state index < -0.39 is 0 Å². The van der Waals surface area contributed by atoms with E-state index in [2.05, 4.69) is 57.8 Å². The van der Waals surface area contributed by atoms with E-state index in [1.54, 1.807) is 0 Å². The van der Waals surface area contributed by atoms with Crippen LogP contribution in [0, 0.1) is 5.41 Å². The van der Waals surface area contributed by atoms with Crippen LogP contribution in [0.3, 0.4) is 0 Å². The molecule has 0 N–H and O–H groups in total. The van der Waals surface area contributed by atoms with Crippen molar-refractivity contribution < 1.29 is 0 Å². The lowest BCUT2D eigenvalue weighted by atomic mass is 9.96. The standard InChI is InChI=1S/C18H32N2/c1-8-11-12-13-14-20(7)17(16(4)9-2)19-15-18(5,6)10-3/h9-10,15H,2-3,8,11-14H2,1,4-7H3. The van der Waals surface area contributed by atoms with Gasteiger partial charge < -0.3 is 4.90 Å². The van der Waals surface area contributed by atoms with Gasteiger partial charge in [-0.3, -0.25) is 0 Å². The Morgan fingerprint density at radius 1 is 1.20 bits per heavy atom. The van der Waals surface area contributed by atoms with Crippen LogP contribution in [0.25, 0.3) is 0 Å². The zero-order chi connectivity index (χ0) is 15.6. The highest BCUT2D eigenvalue weighted by Crippen LogP contribution is 2.17. The van der Waals surface area contributed by atoms with Gasteiger partial charge in [0.05, 0.1) is 0 Å².